The van der Waals surface area contributed by atoms with Crippen LogP contribution < -0.4 is 0 Å². The molecule has 3 unspecified atom stereocenters. The van der Waals surface area contributed by atoms with Crippen LogP contribution in [-0.4, -0.2) is 56.1 Å². The van der Waals surface area contributed by atoms with Gasteiger partial charge in [-0.05, 0) is 0 Å². The van der Waals surface area contributed by atoms with Gasteiger partial charge in [0.1, 0.15) is 0 Å². The van der Waals surface area contributed by atoms with Gasteiger partial charge in [0.25, 0.3) is 0 Å². The Kier molecular flexibility index (Phi) is 5.16. The topological polar surface area (TPSA) is 98.0 Å². The van der Waals surface area contributed by atoms with Gasteiger partial charge >= 0.3 is 5.97 Å². The predicted octanol–water partition coefficient (Wildman–Crippen LogP) is -0.707. The highest BCUT2D eigenvalue weighted by Gasteiger charge is 2.42. The van der Waals surface area contributed by atoms with Crippen LogP contribution in [0.1, 0.15) is 27.2 Å². The van der Waals surface area contributed by atoms with E-state index >= 15 is 0 Å². The maximum Gasteiger partial charge on any atom is 0.309 e. The van der Waals surface area contributed by atoms with Crippen LogP contribution in [0.4, 0.5) is 0 Å². The molecule has 90 valence electrons. The molecular weight excluding hydrogens is 202 g/mol. The maximum atomic E-state index is 10.5. The van der Waals surface area contributed by atoms with E-state index in [-0.39, 0.29) is 13.0 Å². The van der Waals surface area contributed by atoms with Crippen molar-refractivity contribution in [1.82, 2.24) is 0 Å². The molecule has 4 N–H and O–H groups in total. The summed E-state index contributed by atoms with van der Waals surface area (Å²) < 4.78 is -0.452. The summed E-state index contributed by atoms with van der Waals surface area (Å²) in [5.41, 5.74) is 0. The Hall–Kier alpha value is -0.690. The second-order valence-corrected chi connectivity index (χ2v) is 3.76. The summed E-state index contributed by atoms with van der Waals surface area (Å²) in [5, 5.41) is 37.3. The van der Waals surface area contributed by atoms with E-state index in [2.05, 4.69) is 0 Å². The number of aliphatic hydroxyl groups is 3. The number of hydrogen-bond donors (Lipinski definition) is 4. The molecule has 15 heavy (non-hydrogen) atoms. The SMILES string of the molecule is CC(O)[N+](CCC(=O)O)(C(C)O)C(C)O. The number of carboxylic acids is 1. The zero-order chi connectivity index (χ0) is 12.2. The highest BCUT2D eigenvalue weighted by Crippen LogP contribution is 2.21. The minimum atomic E-state index is -1.04. The molecule has 0 aliphatic heterocycles. The van der Waals surface area contributed by atoms with Crippen molar-refractivity contribution in [1.29, 1.82) is 0 Å². The van der Waals surface area contributed by atoms with Crippen molar-refractivity contribution in [2.24, 2.45) is 0 Å². The van der Waals surface area contributed by atoms with Crippen LogP contribution in [0, 0.1) is 0 Å². The predicted molar refractivity (Wildman–Crippen MR) is 52.4 cm³/mol. The number of aliphatic hydroxyl groups excluding tert-OH is 3. The summed E-state index contributed by atoms with van der Waals surface area (Å²) in [7, 11) is 0. The van der Waals surface area contributed by atoms with Gasteiger partial charge in [-0.25, -0.2) is 4.48 Å². The molecule has 0 bridgehead atoms. The molecule has 0 amide bonds. The van der Waals surface area contributed by atoms with Gasteiger partial charge in [-0.1, -0.05) is 0 Å². The van der Waals surface area contributed by atoms with E-state index in [4.69, 9.17) is 5.11 Å². The zero-order valence-corrected chi connectivity index (χ0v) is 9.29. The maximum absolute atomic E-state index is 10.5. The summed E-state index contributed by atoms with van der Waals surface area (Å²) in [5.74, 6) is -1.03. The summed E-state index contributed by atoms with van der Waals surface area (Å²) in [4.78, 5) is 10.5. The molecule has 0 aliphatic carbocycles. The third kappa shape index (κ3) is 3.13. The van der Waals surface area contributed by atoms with Gasteiger partial charge in [0.15, 0.2) is 18.7 Å². The number of rotatable bonds is 6. The first-order valence-corrected chi connectivity index (χ1v) is 4.88. The van der Waals surface area contributed by atoms with Gasteiger partial charge in [-0.3, -0.25) is 4.79 Å². The van der Waals surface area contributed by atoms with E-state index in [1.807, 2.05) is 0 Å². The van der Waals surface area contributed by atoms with E-state index in [1.165, 1.54) is 20.8 Å². The summed E-state index contributed by atoms with van der Waals surface area (Å²) in [6.07, 6.45) is -3.33. The molecule has 0 saturated heterocycles. The number of quaternary nitrogens is 1. The zero-order valence-electron chi connectivity index (χ0n) is 9.29. The molecule has 0 spiro atoms. The van der Waals surface area contributed by atoms with E-state index in [0.29, 0.717) is 0 Å². The molecule has 0 aromatic rings. The molecule has 0 aliphatic rings. The Morgan fingerprint density at radius 1 is 1.07 bits per heavy atom. The van der Waals surface area contributed by atoms with E-state index < -0.39 is 29.1 Å². The van der Waals surface area contributed by atoms with Crippen LogP contribution in [0.25, 0.3) is 0 Å². The fraction of sp³-hybridized carbons (Fsp3) is 0.889. The van der Waals surface area contributed by atoms with Gasteiger partial charge in [0, 0.05) is 20.8 Å². The Balaban J connectivity index is 4.88. The average Bonchev–Trinajstić information content (AvgIpc) is 2.02. The third-order valence-corrected chi connectivity index (χ3v) is 2.80. The van der Waals surface area contributed by atoms with Crippen LogP contribution in [0.2, 0.25) is 0 Å². The van der Waals surface area contributed by atoms with E-state index in [9.17, 15) is 20.1 Å². The lowest BCUT2D eigenvalue weighted by atomic mass is 10.2. The standard InChI is InChI=1S/C9H19NO5/c1-6(11)10(7(2)12,8(3)13)5-4-9(14)15/h6-8,11-13H,4-5H2,1-3H3/p+1. The van der Waals surface area contributed by atoms with Crippen molar-refractivity contribution in [2.75, 3.05) is 6.54 Å². The van der Waals surface area contributed by atoms with Gasteiger partial charge in [0.05, 0.1) is 13.0 Å². The summed E-state index contributed by atoms with van der Waals surface area (Å²) >= 11 is 0. The monoisotopic (exact) mass is 222 g/mol. The first-order valence-electron chi connectivity index (χ1n) is 4.88. The lowest BCUT2D eigenvalue weighted by molar-refractivity contribution is -1.04. The van der Waals surface area contributed by atoms with Gasteiger partial charge in [-0.2, -0.15) is 0 Å². The lowest BCUT2D eigenvalue weighted by Gasteiger charge is -2.44. The van der Waals surface area contributed by atoms with Gasteiger partial charge in [-0.15, -0.1) is 0 Å². The van der Waals surface area contributed by atoms with Crippen molar-refractivity contribution in [3.05, 3.63) is 0 Å². The molecule has 6 nitrogen and oxygen atoms in total. The molecular formula is C9H20NO5+. The van der Waals surface area contributed by atoms with Crippen molar-refractivity contribution in [2.45, 2.75) is 45.9 Å². The van der Waals surface area contributed by atoms with Crippen molar-refractivity contribution in [3.63, 3.8) is 0 Å². The second kappa shape index (κ2) is 5.41. The quantitative estimate of drug-likeness (QED) is 0.351. The molecule has 0 aromatic carbocycles. The number of nitrogens with zero attached hydrogens (tertiary/aromatic N) is 1. The Morgan fingerprint density at radius 3 is 1.60 bits per heavy atom. The van der Waals surface area contributed by atoms with Crippen molar-refractivity contribution < 1.29 is 29.7 Å². The highest BCUT2D eigenvalue weighted by atomic mass is 16.4. The fourth-order valence-electron chi connectivity index (χ4n) is 1.79. The normalized spacial score (nSPS) is 21.5. The average molecular weight is 222 g/mol. The molecule has 0 fully saturated rings. The molecule has 0 rings (SSSR count). The van der Waals surface area contributed by atoms with Crippen LogP contribution in [0.3, 0.4) is 0 Å². The van der Waals surface area contributed by atoms with Crippen LogP contribution >= 0.6 is 0 Å². The highest BCUT2D eigenvalue weighted by molar-refractivity contribution is 5.66. The third-order valence-electron chi connectivity index (χ3n) is 2.80. The number of carbonyl (C=O) groups is 1. The van der Waals surface area contributed by atoms with E-state index in [1.54, 1.807) is 0 Å². The molecule has 0 saturated carbocycles. The number of aliphatic carboxylic acids is 1. The minimum absolute atomic E-state index is 0.0255. The van der Waals surface area contributed by atoms with Gasteiger partial charge in [0.2, 0.25) is 0 Å². The fourth-order valence-corrected chi connectivity index (χ4v) is 1.79. The van der Waals surface area contributed by atoms with Crippen molar-refractivity contribution in [3.8, 4) is 0 Å². The largest absolute Gasteiger partial charge is 0.481 e. The van der Waals surface area contributed by atoms with Crippen molar-refractivity contribution >= 4 is 5.97 Å². The Labute approximate surface area is 89.0 Å². The smallest absolute Gasteiger partial charge is 0.309 e. The lowest BCUT2D eigenvalue weighted by Crippen LogP contribution is -2.65. The molecule has 0 heterocycles. The molecule has 6 heteroatoms. The summed E-state index contributed by atoms with van der Waals surface area (Å²) in [6, 6.07) is 0. The second-order valence-electron chi connectivity index (χ2n) is 3.76. The molecule has 0 radical (unpaired) electrons. The number of hydrogen-bond acceptors (Lipinski definition) is 4. The molecule has 3 atom stereocenters. The van der Waals surface area contributed by atoms with Crippen LogP contribution in [0.5, 0.6) is 0 Å². The summed E-state index contributed by atoms with van der Waals surface area (Å²) in [6.45, 7) is 4.23. The van der Waals surface area contributed by atoms with Crippen LogP contribution in [0.15, 0.2) is 0 Å². The van der Waals surface area contributed by atoms with E-state index in [0.717, 1.165) is 0 Å². The van der Waals surface area contributed by atoms with Gasteiger partial charge < -0.3 is 20.4 Å². The molecule has 0 aromatic heterocycles. The first kappa shape index (κ1) is 14.3. The first-order chi connectivity index (χ1) is 6.75. The minimum Gasteiger partial charge on any atom is -0.481 e. The number of carboxylic acid groups (broad SMARTS) is 1. The Morgan fingerprint density at radius 2 is 1.40 bits per heavy atom. The Bertz CT molecular complexity index is 193. The van der Waals surface area contributed by atoms with Crippen LogP contribution in [-0.2, 0) is 4.79 Å².